The van der Waals surface area contributed by atoms with Crippen molar-refractivity contribution in [2.75, 3.05) is 5.32 Å². The molecule has 12 nitrogen and oxygen atoms in total. The van der Waals surface area contributed by atoms with Crippen LogP contribution in [0.5, 0.6) is 0 Å². The summed E-state index contributed by atoms with van der Waals surface area (Å²) in [4.78, 5) is 50.9. The Kier molecular flexibility index (Phi) is 4.99. The first kappa shape index (κ1) is 21.2. The molecule has 0 atom stereocenters. The molecule has 166 valence electrons. The van der Waals surface area contributed by atoms with E-state index in [0.717, 1.165) is 4.57 Å². The summed E-state index contributed by atoms with van der Waals surface area (Å²) in [6.45, 7) is 5.49. The number of imidazole rings is 1. The van der Waals surface area contributed by atoms with Gasteiger partial charge in [-0.2, -0.15) is 9.78 Å². The van der Waals surface area contributed by atoms with Gasteiger partial charge in [-0.05, 0) is 6.07 Å². The lowest BCUT2D eigenvalue weighted by Crippen LogP contribution is -2.42. The SMILES string of the molecule is Cn1cnc2c1c(=O)n(CC(=O)Nc1cc(C(C)(C)C)nn1-c1ncccn1)c(=O)n2C. The van der Waals surface area contributed by atoms with E-state index in [1.807, 2.05) is 20.8 Å². The molecule has 4 rings (SSSR count). The van der Waals surface area contributed by atoms with Gasteiger partial charge in [-0.1, -0.05) is 20.8 Å². The fourth-order valence-electron chi connectivity index (χ4n) is 3.25. The van der Waals surface area contributed by atoms with Gasteiger partial charge in [0.25, 0.3) is 11.5 Å². The molecule has 0 aliphatic heterocycles. The molecule has 4 aromatic rings. The van der Waals surface area contributed by atoms with Crippen LogP contribution in [0.25, 0.3) is 17.1 Å². The lowest BCUT2D eigenvalue weighted by molar-refractivity contribution is -0.116. The van der Waals surface area contributed by atoms with Gasteiger partial charge in [-0.15, -0.1) is 0 Å². The van der Waals surface area contributed by atoms with Crippen LogP contribution in [-0.2, 0) is 30.8 Å². The molecule has 1 amide bonds. The monoisotopic (exact) mass is 437 g/mol. The number of aryl methyl sites for hydroxylation is 2. The van der Waals surface area contributed by atoms with E-state index < -0.39 is 23.7 Å². The third-order valence-corrected chi connectivity index (χ3v) is 4.99. The predicted octanol–water partition coefficient (Wildman–Crippen LogP) is 0.346. The van der Waals surface area contributed by atoms with Crippen molar-refractivity contribution in [2.45, 2.75) is 32.7 Å². The zero-order valence-corrected chi connectivity index (χ0v) is 18.4. The normalized spacial score (nSPS) is 11.8. The number of amides is 1. The second-order valence-corrected chi connectivity index (χ2v) is 8.43. The number of aromatic nitrogens is 8. The molecule has 4 aromatic heterocycles. The van der Waals surface area contributed by atoms with Gasteiger partial charge in [0.2, 0.25) is 5.91 Å². The third kappa shape index (κ3) is 3.59. The lowest BCUT2D eigenvalue weighted by atomic mass is 9.92. The molecule has 4 heterocycles. The molecule has 12 heteroatoms. The highest BCUT2D eigenvalue weighted by Gasteiger charge is 2.23. The van der Waals surface area contributed by atoms with Crippen LogP contribution in [0.1, 0.15) is 26.5 Å². The van der Waals surface area contributed by atoms with E-state index in [9.17, 15) is 14.4 Å². The molecule has 0 saturated carbocycles. The fourth-order valence-corrected chi connectivity index (χ4v) is 3.25. The smallest absolute Gasteiger partial charge is 0.328 e. The Labute approximate surface area is 182 Å². The second kappa shape index (κ2) is 7.55. The van der Waals surface area contributed by atoms with Crippen molar-refractivity contribution in [3.63, 3.8) is 0 Å². The van der Waals surface area contributed by atoms with Gasteiger partial charge in [0, 0.05) is 38.0 Å². The molecule has 0 spiro atoms. The lowest BCUT2D eigenvalue weighted by Gasteiger charge is -2.13. The number of anilines is 1. The summed E-state index contributed by atoms with van der Waals surface area (Å²) in [6, 6.07) is 3.39. The quantitative estimate of drug-likeness (QED) is 0.487. The highest BCUT2D eigenvalue weighted by molar-refractivity contribution is 5.90. The van der Waals surface area contributed by atoms with Crippen molar-refractivity contribution in [2.24, 2.45) is 14.1 Å². The molecule has 32 heavy (non-hydrogen) atoms. The number of carbonyl (C=O) groups is 1. The molecule has 0 fully saturated rings. The number of nitrogens with one attached hydrogen (secondary N) is 1. The van der Waals surface area contributed by atoms with Gasteiger partial charge in [-0.3, -0.25) is 14.2 Å². The van der Waals surface area contributed by atoms with Crippen molar-refractivity contribution in [3.8, 4) is 5.95 Å². The first-order valence-corrected chi connectivity index (χ1v) is 9.86. The molecule has 1 N–H and O–H groups in total. The average molecular weight is 437 g/mol. The van der Waals surface area contributed by atoms with Crippen molar-refractivity contribution < 1.29 is 4.79 Å². The second-order valence-electron chi connectivity index (χ2n) is 8.43. The van der Waals surface area contributed by atoms with E-state index in [2.05, 4.69) is 25.4 Å². The summed E-state index contributed by atoms with van der Waals surface area (Å²) in [5, 5.41) is 7.27. The van der Waals surface area contributed by atoms with Crippen LogP contribution < -0.4 is 16.6 Å². The zero-order valence-electron chi connectivity index (χ0n) is 18.4. The van der Waals surface area contributed by atoms with Crippen LogP contribution in [0.15, 0.2) is 40.4 Å². The summed E-state index contributed by atoms with van der Waals surface area (Å²) in [6.07, 6.45) is 4.58. The highest BCUT2D eigenvalue weighted by Crippen LogP contribution is 2.25. The van der Waals surface area contributed by atoms with Crippen LogP contribution in [-0.4, -0.2) is 44.3 Å². The number of fused-ring (bicyclic) bond motifs is 1. The molecule has 0 bridgehead atoms. The molecule has 0 aliphatic carbocycles. The zero-order chi connectivity index (χ0) is 23.2. The Morgan fingerprint density at radius 3 is 2.44 bits per heavy atom. The average Bonchev–Trinajstić information content (AvgIpc) is 3.34. The van der Waals surface area contributed by atoms with Crippen LogP contribution in [0.2, 0.25) is 0 Å². The maximum atomic E-state index is 12.9. The van der Waals surface area contributed by atoms with Gasteiger partial charge >= 0.3 is 5.69 Å². The minimum absolute atomic E-state index is 0.234. The maximum Gasteiger partial charge on any atom is 0.332 e. The van der Waals surface area contributed by atoms with E-state index in [0.29, 0.717) is 11.5 Å². The number of nitrogens with zero attached hydrogens (tertiary/aromatic N) is 8. The van der Waals surface area contributed by atoms with Crippen molar-refractivity contribution >= 4 is 22.9 Å². The van der Waals surface area contributed by atoms with Crippen LogP contribution >= 0.6 is 0 Å². The number of hydrogen-bond donors (Lipinski definition) is 1. The summed E-state index contributed by atoms with van der Waals surface area (Å²) < 4.78 is 5.06. The van der Waals surface area contributed by atoms with E-state index in [1.165, 1.54) is 27.2 Å². The van der Waals surface area contributed by atoms with E-state index in [1.54, 1.807) is 31.6 Å². The molecule has 0 aromatic carbocycles. The van der Waals surface area contributed by atoms with Crippen molar-refractivity contribution in [1.82, 2.24) is 38.4 Å². The third-order valence-electron chi connectivity index (χ3n) is 4.99. The van der Waals surface area contributed by atoms with Crippen molar-refractivity contribution in [3.05, 3.63) is 57.4 Å². The number of carbonyl (C=O) groups excluding carboxylic acids is 1. The molecular formula is C20H23N9O3. The Morgan fingerprint density at radius 1 is 1.09 bits per heavy atom. The van der Waals surface area contributed by atoms with E-state index >= 15 is 0 Å². The van der Waals surface area contributed by atoms with Gasteiger partial charge in [0.05, 0.1) is 12.0 Å². The largest absolute Gasteiger partial charge is 0.332 e. The van der Waals surface area contributed by atoms with Crippen LogP contribution in [0.3, 0.4) is 0 Å². The maximum absolute atomic E-state index is 12.9. The Bertz CT molecular complexity index is 1440. The molecule has 0 saturated heterocycles. The first-order valence-electron chi connectivity index (χ1n) is 9.86. The van der Waals surface area contributed by atoms with Gasteiger partial charge in [-0.25, -0.2) is 24.3 Å². The Balaban J connectivity index is 1.72. The molecule has 0 unspecified atom stereocenters. The molecule has 0 aliphatic rings. The van der Waals surface area contributed by atoms with E-state index in [-0.39, 0.29) is 22.5 Å². The van der Waals surface area contributed by atoms with Gasteiger partial charge in [0.15, 0.2) is 11.2 Å². The van der Waals surface area contributed by atoms with Crippen LogP contribution in [0.4, 0.5) is 5.82 Å². The first-order chi connectivity index (χ1) is 15.1. The van der Waals surface area contributed by atoms with Crippen LogP contribution in [0, 0.1) is 0 Å². The van der Waals surface area contributed by atoms with Gasteiger partial charge < -0.3 is 9.88 Å². The summed E-state index contributed by atoms with van der Waals surface area (Å²) >= 11 is 0. The summed E-state index contributed by atoms with van der Waals surface area (Å²) in [5.41, 5.74) is -0.313. The minimum Gasteiger partial charge on any atom is -0.328 e. The standard InChI is InChI=1S/C20H23N9O3/c1-20(2,3)12-9-13(29(25-12)18-21-7-6-8-22-18)24-14(30)10-28-17(31)15-16(23-11-26(15)4)27(5)19(28)32/h6-9,11H,10H2,1-5H3,(H,24,30). The molecular weight excluding hydrogens is 414 g/mol. The molecule has 0 radical (unpaired) electrons. The summed E-state index contributed by atoms with van der Waals surface area (Å²) in [5.74, 6) is 0.0450. The highest BCUT2D eigenvalue weighted by atomic mass is 16.2. The fraction of sp³-hybridized carbons (Fsp3) is 0.350. The number of rotatable bonds is 4. The van der Waals surface area contributed by atoms with Crippen molar-refractivity contribution in [1.29, 1.82) is 0 Å². The topological polar surface area (TPSA) is 135 Å². The predicted molar refractivity (Wildman–Crippen MR) is 117 cm³/mol. The number of hydrogen-bond acceptors (Lipinski definition) is 7. The minimum atomic E-state index is -0.633. The Morgan fingerprint density at radius 2 is 1.78 bits per heavy atom. The Hall–Kier alpha value is -4.09. The van der Waals surface area contributed by atoms with Gasteiger partial charge in [0.1, 0.15) is 12.4 Å². The summed E-state index contributed by atoms with van der Waals surface area (Å²) in [7, 11) is 3.15. The van der Waals surface area contributed by atoms with E-state index in [4.69, 9.17) is 0 Å².